The van der Waals surface area contributed by atoms with Crippen molar-refractivity contribution in [1.29, 1.82) is 0 Å². The molecule has 1 N–H and O–H groups in total. The van der Waals surface area contributed by atoms with Crippen LogP contribution in [0.3, 0.4) is 0 Å². The number of rotatable bonds is 7. The summed E-state index contributed by atoms with van der Waals surface area (Å²) in [4.78, 5) is 0. The average molecular weight is 299 g/mol. The van der Waals surface area contributed by atoms with Gasteiger partial charge in [0.2, 0.25) is 0 Å². The molecule has 0 saturated carbocycles. The molecule has 0 aromatic heterocycles. The molecule has 0 amide bonds. The maximum Gasteiger partial charge on any atom is 0.0793 e. The van der Waals surface area contributed by atoms with Crippen molar-refractivity contribution in [3.05, 3.63) is 33.8 Å². The van der Waals surface area contributed by atoms with E-state index in [9.17, 15) is 5.11 Å². The van der Waals surface area contributed by atoms with Crippen molar-refractivity contribution >= 4 is 15.9 Å². The highest BCUT2D eigenvalue weighted by molar-refractivity contribution is 9.10. The summed E-state index contributed by atoms with van der Waals surface area (Å²) in [5.41, 5.74) is 2.24. The Morgan fingerprint density at radius 1 is 1.18 bits per heavy atom. The van der Waals surface area contributed by atoms with Gasteiger partial charge in [-0.3, -0.25) is 0 Å². The van der Waals surface area contributed by atoms with Gasteiger partial charge < -0.3 is 5.11 Å². The number of aryl methyl sites for hydroxylation is 1. The van der Waals surface area contributed by atoms with Gasteiger partial charge in [-0.1, -0.05) is 61.0 Å². The standard InChI is InChI=1S/C15H23BrO/c1-3-4-5-6-7-8-15(17)14-11-13(16)10-9-12(14)2/h9-11,15,17H,3-8H2,1-2H3. The predicted octanol–water partition coefficient (Wildman–Crippen LogP) is 5.15. The van der Waals surface area contributed by atoms with E-state index in [1.54, 1.807) is 0 Å². The van der Waals surface area contributed by atoms with Gasteiger partial charge in [0, 0.05) is 4.47 Å². The molecule has 0 saturated heterocycles. The molecule has 2 heteroatoms. The summed E-state index contributed by atoms with van der Waals surface area (Å²) >= 11 is 3.46. The highest BCUT2D eigenvalue weighted by Crippen LogP contribution is 2.26. The van der Waals surface area contributed by atoms with Crippen molar-refractivity contribution in [1.82, 2.24) is 0 Å². The van der Waals surface area contributed by atoms with Crippen LogP contribution >= 0.6 is 15.9 Å². The Morgan fingerprint density at radius 2 is 1.88 bits per heavy atom. The van der Waals surface area contributed by atoms with Gasteiger partial charge in [-0.15, -0.1) is 0 Å². The number of aliphatic hydroxyl groups excluding tert-OH is 1. The minimum absolute atomic E-state index is 0.311. The van der Waals surface area contributed by atoms with Gasteiger partial charge >= 0.3 is 0 Å². The third-order valence-corrected chi connectivity index (χ3v) is 3.67. The molecule has 0 spiro atoms. The molecule has 0 bridgehead atoms. The molecule has 1 unspecified atom stereocenters. The van der Waals surface area contributed by atoms with Crippen molar-refractivity contribution in [3.63, 3.8) is 0 Å². The van der Waals surface area contributed by atoms with Gasteiger partial charge in [-0.2, -0.15) is 0 Å². The fourth-order valence-electron chi connectivity index (χ4n) is 2.07. The molecule has 0 radical (unpaired) electrons. The van der Waals surface area contributed by atoms with Crippen LogP contribution in [0.4, 0.5) is 0 Å². The van der Waals surface area contributed by atoms with Crippen LogP contribution in [0.25, 0.3) is 0 Å². The minimum Gasteiger partial charge on any atom is -0.388 e. The first-order valence-corrected chi connectivity index (χ1v) is 7.38. The molecule has 1 aromatic carbocycles. The number of halogens is 1. The number of hydrogen-bond acceptors (Lipinski definition) is 1. The van der Waals surface area contributed by atoms with Crippen LogP contribution in [-0.4, -0.2) is 5.11 Å². The van der Waals surface area contributed by atoms with Crippen LogP contribution in [0, 0.1) is 6.92 Å². The Balaban J connectivity index is 2.41. The maximum atomic E-state index is 10.2. The van der Waals surface area contributed by atoms with Gasteiger partial charge in [0.25, 0.3) is 0 Å². The fourth-order valence-corrected chi connectivity index (χ4v) is 2.45. The van der Waals surface area contributed by atoms with E-state index in [-0.39, 0.29) is 6.10 Å². The van der Waals surface area contributed by atoms with Crippen LogP contribution in [0.2, 0.25) is 0 Å². The van der Waals surface area contributed by atoms with Crippen molar-refractivity contribution in [2.75, 3.05) is 0 Å². The van der Waals surface area contributed by atoms with Crippen LogP contribution < -0.4 is 0 Å². The lowest BCUT2D eigenvalue weighted by Gasteiger charge is -2.14. The third-order valence-electron chi connectivity index (χ3n) is 3.18. The molecule has 0 aliphatic rings. The van der Waals surface area contributed by atoms with Gasteiger partial charge in [0.05, 0.1) is 6.10 Å². The van der Waals surface area contributed by atoms with Gasteiger partial charge in [-0.25, -0.2) is 0 Å². The smallest absolute Gasteiger partial charge is 0.0793 e. The molecule has 0 aliphatic heterocycles. The van der Waals surface area contributed by atoms with Crippen molar-refractivity contribution in [3.8, 4) is 0 Å². The second-order valence-electron chi connectivity index (χ2n) is 4.72. The summed E-state index contributed by atoms with van der Waals surface area (Å²) in [5.74, 6) is 0. The van der Waals surface area contributed by atoms with E-state index in [0.717, 1.165) is 22.9 Å². The quantitative estimate of drug-likeness (QED) is 0.690. The second-order valence-corrected chi connectivity index (χ2v) is 5.64. The Hall–Kier alpha value is -0.340. The number of hydrogen-bond donors (Lipinski definition) is 1. The predicted molar refractivity (Wildman–Crippen MR) is 77.2 cm³/mol. The number of unbranched alkanes of at least 4 members (excludes halogenated alkanes) is 4. The van der Waals surface area contributed by atoms with Crippen molar-refractivity contribution in [2.45, 2.75) is 58.5 Å². The van der Waals surface area contributed by atoms with E-state index in [1.165, 1.54) is 31.2 Å². The molecule has 1 rings (SSSR count). The Labute approximate surface area is 113 Å². The van der Waals surface area contributed by atoms with Crippen LogP contribution in [-0.2, 0) is 0 Å². The molecule has 17 heavy (non-hydrogen) atoms. The van der Waals surface area contributed by atoms with E-state index in [0.29, 0.717) is 0 Å². The molecule has 0 aliphatic carbocycles. The highest BCUT2D eigenvalue weighted by Gasteiger charge is 2.10. The summed E-state index contributed by atoms with van der Waals surface area (Å²) in [6.07, 6.45) is 6.79. The summed E-state index contributed by atoms with van der Waals surface area (Å²) < 4.78 is 1.04. The molecule has 0 fully saturated rings. The topological polar surface area (TPSA) is 20.2 Å². The lowest BCUT2D eigenvalue weighted by Crippen LogP contribution is -2.00. The van der Waals surface area contributed by atoms with E-state index in [1.807, 2.05) is 12.1 Å². The van der Waals surface area contributed by atoms with E-state index in [4.69, 9.17) is 0 Å². The first kappa shape index (κ1) is 14.7. The van der Waals surface area contributed by atoms with E-state index >= 15 is 0 Å². The Bertz CT molecular complexity index is 336. The lowest BCUT2D eigenvalue weighted by atomic mass is 9.98. The largest absolute Gasteiger partial charge is 0.388 e. The van der Waals surface area contributed by atoms with E-state index in [2.05, 4.69) is 35.8 Å². The third kappa shape index (κ3) is 5.22. The zero-order valence-corrected chi connectivity index (χ0v) is 12.5. The molecular weight excluding hydrogens is 276 g/mol. The normalized spacial score (nSPS) is 12.7. The summed E-state index contributed by atoms with van der Waals surface area (Å²) in [6, 6.07) is 6.11. The average Bonchev–Trinajstić information content (AvgIpc) is 2.32. The molecule has 96 valence electrons. The zero-order chi connectivity index (χ0) is 12.7. The van der Waals surface area contributed by atoms with Gasteiger partial charge in [0.15, 0.2) is 0 Å². The maximum absolute atomic E-state index is 10.2. The summed E-state index contributed by atoms with van der Waals surface area (Å²) in [7, 11) is 0. The zero-order valence-electron chi connectivity index (χ0n) is 10.9. The molecule has 1 aromatic rings. The minimum atomic E-state index is -0.311. The molecule has 0 heterocycles. The summed E-state index contributed by atoms with van der Waals surface area (Å²) in [6.45, 7) is 4.28. The van der Waals surface area contributed by atoms with Crippen LogP contribution in [0.5, 0.6) is 0 Å². The molecule has 1 nitrogen and oxygen atoms in total. The highest BCUT2D eigenvalue weighted by atomic mass is 79.9. The van der Waals surface area contributed by atoms with E-state index < -0.39 is 0 Å². The second kappa shape index (κ2) is 7.88. The van der Waals surface area contributed by atoms with Crippen molar-refractivity contribution < 1.29 is 5.11 Å². The first-order valence-electron chi connectivity index (χ1n) is 6.59. The number of aliphatic hydroxyl groups is 1. The SMILES string of the molecule is CCCCCCCC(O)c1cc(Br)ccc1C. The first-order chi connectivity index (χ1) is 8.15. The number of benzene rings is 1. The Kier molecular flexibility index (Phi) is 6.83. The lowest BCUT2D eigenvalue weighted by molar-refractivity contribution is 0.162. The van der Waals surface area contributed by atoms with Crippen LogP contribution in [0.15, 0.2) is 22.7 Å². The fraction of sp³-hybridized carbons (Fsp3) is 0.600. The monoisotopic (exact) mass is 298 g/mol. The molecular formula is C15H23BrO. The Morgan fingerprint density at radius 3 is 2.59 bits per heavy atom. The van der Waals surface area contributed by atoms with Crippen molar-refractivity contribution in [2.24, 2.45) is 0 Å². The van der Waals surface area contributed by atoms with Gasteiger partial charge in [-0.05, 0) is 36.6 Å². The molecule has 1 atom stereocenters. The summed E-state index contributed by atoms with van der Waals surface area (Å²) in [5, 5.41) is 10.2. The van der Waals surface area contributed by atoms with Gasteiger partial charge in [0.1, 0.15) is 0 Å². The van der Waals surface area contributed by atoms with Crippen LogP contribution in [0.1, 0.15) is 62.7 Å².